The Morgan fingerprint density at radius 2 is 1.48 bits per heavy atom. The lowest BCUT2D eigenvalue weighted by Gasteiger charge is -2.04. The predicted octanol–water partition coefficient (Wildman–Crippen LogP) is 5.09. The molecule has 4 rings (SSSR count). The summed E-state index contributed by atoms with van der Waals surface area (Å²) >= 11 is 1.44. The summed E-state index contributed by atoms with van der Waals surface area (Å²) in [4.78, 5) is 29.4. The summed E-state index contributed by atoms with van der Waals surface area (Å²) in [6.07, 6.45) is 0. The second-order valence-electron chi connectivity index (χ2n) is 6.17. The average Bonchev–Trinajstić information content (AvgIpc) is 3.12. The largest absolute Gasteiger partial charge is 0.298 e. The number of nitrogens with zero attached hydrogens (tertiary/aromatic N) is 1. The van der Waals surface area contributed by atoms with Crippen molar-refractivity contribution in [3.05, 3.63) is 95.1 Å². The third-order valence-electron chi connectivity index (χ3n) is 4.29. The zero-order valence-electron chi connectivity index (χ0n) is 14.6. The molecule has 0 aliphatic heterocycles. The van der Waals surface area contributed by atoms with E-state index in [0.29, 0.717) is 21.8 Å². The number of aromatic nitrogens is 1. The van der Waals surface area contributed by atoms with Crippen molar-refractivity contribution in [3.63, 3.8) is 0 Å². The van der Waals surface area contributed by atoms with Gasteiger partial charge in [-0.15, -0.1) is 0 Å². The number of anilines is 1. The number of carbonyl (C=O) groups excluding carboxylic acids is 2. The van der Waals surface area contributed by atoms with Gasteiger partial charge in [-0.2, -0.15) is 0 Å². The van der Waals surface area contributed by atoms with Crippen LogP contribution < -0.4 is 5.32 Å². The molecule has 1 N–H and O–H groups in total. The molecule has 0 fully saturated rings. The van der Waals surface area contributed by atoms with Gasteiger partial charge in [-0.3, -0.25) is 14.9 Å². The molecular weight excluding hydrogens is 356 g/mol. The highest BCUT2D eigenvalue weighted by atomic mass is 32.1. The first kappa shape index (κ1) is 17.1. The number of carbonyl (C=O) groups is 2. The molecule has 0 spiro atoms. The first-order valence-electron chi connectivity index (χ1n) is 8.49. The molecule has 0 saturated carbocycles. The number of benzene rings is 3. The topological polar surface area (TPSA) is 59.1 Å². The second kappa shape index (κ2) is 7.13. The van der Waals surface area contributed by atoms with E-state index in [0.717, 1.165) is 15.8 Å². The highest BCUT2D eigenvalue weighted by molar-refractivity contribution is 7.22. The Hall–Kier alpha value is -3.31. The number of rotatable bonds is 4. The van der Waals surface area contributed by atoms with Crippen molar-refractivity contribution >= 4 is 38.4 Å². The maximum absolute atomic E-state index is 12.5. The minimum atomic E-state index is -0.245. The van der Waals surface area contributed by atoms with Crippen LogP contribution in [0.5, 0.6) is 0 Å². The number of para-hydroxylation sites is 1. The number of nitrogens with one attached hydrogen (secondary N) is 1. The fraction of sp³-hybridized carbons (Fsp3) is 0.0455. The minimum absolute atomic E-state index is 0.0655. The Bertz CT molecular complexity index is 1130. The summed E-state index contributed by atoms with van der Waals surface area (Å²) in [7, 11) is 0. The van der Waals surface area contributed by atoms with Gasteiger partial charge < -0.3 is 0 Å². The van der Waals surface area contributed by atoms with Gasteiger partial charge >= 0.3 is 0 Å². The zero-order valence-corrected chi connectivity index (χ0v) is 15.4. The van der Waals surface area contributed by atoms with Crippen molar-refractivity contribution in [2.24, 2.45) is 0 Å². The highest BCUT2D eigenvalue weighted by Gasteiger charge is 2.13. The van der Waals surface area contributed by atoms with Crippen LogP contribution in [-0.4, -0.2) is 16.7 Å². The Balaban J connectivity index is 1.52. The molecule has 0 unspecified atom stereocenters. The third kappa shape index (κ3) is 3.50. The van der Waals surface area contributed by atoms with Crippen LogP contribution in [0, 0.1) is 6.92 Å². The van der Waals surface area contributed by atoms with Crippen LogP contribution >= 0.6 is 11.3 Å². The summed E-state index contributed by atoms with van der Waals surface area (Å²) in [6.45, 7) is 2.00. The molecule has 1 heterocycles. The summed E-state index contributed by atoms with van der Waals surface area (Å²) in [5.74, 6) is -0.311. The molecule has 5 heteroatoms. The smallest absolute Gasteiger partial charge is 0.257 e. The third-order valence-corrected chi connectivity index (χ3v) is 5.22. The molecule has 0 bridgehead atoms. The SMILES string of the molecule is Cc1cccc2sc(NC(=O)c3ccc(C(=O)c4ccccc4)cc3)nc12. The fourth-order valence-electron chi connectivity index (χ4n) is 2.84. The van der Waals surface area contributed by atoms with Gasteiger partial charge in [0.05, 0.1) is 10.2 Å². The van der Waals surface area contributed by atoms with E-state index in [4.69, 9.17) is 0 Å². The Labute approximate surface area is 160 Å². The average molecular weight is 372 g/mol. The van der Waals surface area contributed by atoms with E-state index in [1.54, 1.807) is 36.4 Å². The Kier molecular flexibility index (Phi) is 4.52. The number of fused-ring (bicyclic) bond motifs is 1. The van der Waals surface area contributed by atoms with Crippen LogP contribution in [0.25, 0.3) is 10.2 Å². The van der Waals surface area contributed by atoms with Gasteiger partial charge in [-0.05, 0) is 30.7 Å². The van der Waals surface area contributed by atoms with E-state index >= 15 is 0 Å². The molecular formula is C22H16N2O2S. The van der Waals surface area contributed by atoms with Gasteiger partial charge in [-0.25, -0.2) is 4.98 Å². The lowest BCUT2D eigenvalue weighted by molar-refractivity contribution is 0.102. The van der Waals surface area contributed by atoms with E-state index in [1.165, 1.54) is 11.3 Å². The molecule has 1 aromatic heterocycles. The first-order valence-corrected chi connectivity index (χ1v) is 9.31. The predicted molar refractivity (Wildman–Crippen MR) is 109 cm³/mol. The van der Waals surface area contributed by atoms with Crippen LogP contribution in [0.4, 0.5) is 5.13 Å². The molecule has 0 radical (unpaired) electrons. The Morgan fingerprint density at radius 3 is 2.19 bits per heavy atom. The maximum atomic E-state index is 12.5. The van der Waals surface area contributed by atoms with E-state index in [9.17, 15) is 9.59 Å². The van der Waals surface area contributed by atoms with Crippen molar-refractivity contribution in [2.75, 3.05) is 5.32 Å². The number of hydrogen-bond donors (Lipinski definition) is 1. The van der Waals surface area contributed by atoms with Crippen LogP contribution in [0.15, 0.2) is 72.8 Å². The van der Waals surface area contributed by atoms with Crippen LogP contribution in [-0.2, 0) is 0 Å². The molecule has 4 aromatic rings. The molecule has 0 aliphatic carbocycles. The molecule has 132 valence electrons. The molecule has 1 amide bonds. The quantitative estimate of drug-likeness (QED) is 0.508. The summed E-state index contributed by atoms with van der Waals surface area (Å²) < 4.78 is 1.04. The number of thiazole rings is 1. The van der Waals surface area contributed by atoms with Gasteiger partial charge in [0.2, 0.25) is 0 Å². The normalized spacial score (nSPS) is 10.7. The van der Waals surface area contributed by atoms with Gasteiger partial charge in [0.15, 0.2) is 10.9 Å². The number of amides is 1. The van der Waals surface area contributed by atoms with Gasteiger partial charge in [0, 0.05) is 16.7 Å². The number of aryl methyl sites for hydroxylation is 1. The summed E-state index contributed by atoms with van der Waals surface area (Å²) in [5.41, 5.74) is 3.64. The van der Waals surface area contributed by atoms with E-state index < -0.39 is 0 Å². The zero-order chi connectivity index (χ0) is 18.8. The van der Waals surface area contributed by atoms with Crippen molar-refractivity contribution in [3.8, 4) is 0 Å². The van der Waals surface area contributed by atoms with E-state index in [-0.39, 0.29) is 11.7 Å². The molecule has 27 heavy (non-hydrogen) atoms. The van der Waals surface area contributed by atoms with Crippen molar-refractivity contribution in [1.82, 2.24) is 4.98 Å². The van der Waals surface area contributed by atoms with E-state index in [2.05, 4.69) is 10.3 Å². The molecule has 0 saturated heterocycles. The number of hydrogen-bond acceptors (Lipinski definition) is 4. The molecule has 4 nitrogen and oxygen atoms in total. The van der Waals surface area contributed by atoms with Gasteiger partial charge in [0.25, 0.3) is 5.91 Å². The molecule has 0 aliphatic rings. The molecule has 3 aromatic carbocycles. The Morgan fingerprint density at radius 1 is 0.815 bits per heavy atom. The minimum Gasteiger partial charge on any atom is -0.298 e. The van der Waals surface area contributed by atoms with Crippen LogP contribution in [0.3, 0.4) is 0 Å². The van der Waals surface area contributed by atoms with Crippen LogP contribution in [0.2, 0.25) is 0 Å². The van der Waals surface area contributed by atoms with Gasteiger partial charge in [0.1, 0.15) is 0 Å². The number of ketones is 1. The van der Waals surface area contributed by atoms with E-state index in [1.807, 2.05) is 43.3 Å². The van der Waals surface area contributed by atoms with Crippen molar-refractivity contribution < 1.29 is 9.59 Å². The standard InChI is InChI=1S/C22H16N2O2S/c1-14-6-5-9-18-19(14)23-22(27-18)24-21(26)17-12-10-16(11-13-17)20(25)15-7-3-2-4-8-15/h2-13H,1H3,(H,23,24,26). The second-order valence-corrected chi connectivity index (χ2v) is 7.20. The van der Waals surface area contributed by atoms with Crippen LogP contribution in [0.1, 0.15) is 31.8 Å². The highest BCUT2D eigenvalue weighted by Crippen LogP contribution is 2.28. The lowest BCUT2D eigenvalue weighted by Crippen LogP contribution is -2.12. The summed E-state index contributed by atoms with van der Waals surface area (Å²) in [5, 5.41) is 3.40. The molecule has 0 atom stereocenters. The van der Waals surface area contributed by atoms with Crippen molar-refractivity contribution in [2.45, 2.75) is 6.92 Å². The lowest BCUT2D eigenvalue weighted by atomic mass is 10.0. The fourth-order valence-corrected chi connectivity index (χ4v) is 3.78. The first-order chi connectivity index (χ1) is 13.1. The summed E-state index contributed by atoms with van der Waals surface area (Å²) in [6, 6.07) is 21.7. The van der Waals surface area contributed by atoms with Crippen molar-refractivity contribution in [1.29, 1.82) is 0 Å². The maximum Gasteiger partial charge on any atom is 0.257 e. The monoisotopic (exact) mass is 372 g/mol. The van der Waals surface area contributed by atoms with Gasteiger partial charge in [-0.1, -0.05) is 65.9 Å².